The summed E-state index contributed by atoms with van der Waals surface area (Å²) in [6.45, 7) is 5.17. The van der Waals surface area contributed by atoms with E-state index in [-0.39, 0.29) is 12.6 Å². The molecule has 106 valence electrons. The summed E-state index contributed by atoms with van der Waals surface area (Å²) in [6.07, 6.45) is 1.54. The van der Waals surface area contributed by atoms with E-state index < -0.39 is 30.3 Å². The molecule has 1 aliphatic rings. The van der Waals surface area contributed by atoms with E-state index in [9.17, 15) is 19.2 Å². The van der Waals surface area contributed by atoms with Gasteiger partial charge in [0.2, 0.25) is 5.91 Å². The highest BCUT2D eigenvalue weighted by Crippen LogP contribution is 2.11. The number of amides is 5. The van der Waals surface area contributed by atoms with Crippen LogP contribution in [0, 0.1) is 0 Å². The Labute approximate surface area is 111 Å². The summed E-state index contributed by atoms with van der Waals surface area (Å²) in [5.41, 5.74) is 0. The van der Waals surface area contributed by atoms with E-state index in [4.69, 9.17) is 0 Å². The molecule has 0 unspecified atom stereocenters. The number of imide groups is 2. The zero-order chi connectivity index (χ0) is 14.6. The lowest BCUT2D eigenvalue weighted by molar-refractivity contribution is -0.144. The summed E-state index contributed by atoms with van der Waals surface area (Å²) in [5, 5.41) is 2.72. The van der Waals surface area contributed by atoms with Gasteiger partial charge in [0.15, 0.2) is 0 Å². The predicted octanol–water partition coefficient (Wildman–Crippen LogP) is 0.102. The normalized spacial score (nSPS) is 15.7. The molecular weight excluding hydrogens is 250 g/mol. The second-order valence-corrected chi connectivity index (χ2v) is 4.30. The highest BCUT2D eigenvalue weighted by Gasteiger charge is 2.44. The maximum atomic E-state index is 11.7. The van der Waals surface area contributed by atoms with Gasteiger partial charge < -0.3 is 5.32 Å². The van der Waals surface area contributed by atoms with Gasteiger partial charge in [-0.3, -0.25) is 19.3 Å². The van der Waals surface area contributed by atoms with Gasteiger partial charge in [-0.1, -0.05) is 13.8 Å². The van der Waals surface area contributed by atoms with Gasteiger partial charge in [-0.15, -0.1) is 0 Å². The second-order valence-electron chi connectivity index (χ2n) is 4.30. The van der Waals surface area contributed by atoms with Gasteiger partial charge >= 0.3 is 17.8 Å². The average molecular weight is 269 g/mol. The lowest BCUT2D eigenvalue weighted by Gasteiger charge is -2.17. The summed E-state index contributed by atoms with van der Waals surface area (Å²) in [4.78, 5) is 48.0. The first-order valence-electron chi connectivity index (χ1n) is 6.42. The molecule has 0 radical (unpaired) electrons. The van der Waals surface area contributed by atoms with Crippen LogP contribution in [0.15, 0.2) is 0 Å². The number of nitrogens with zero attached hydrogens (tertiary/aromatic N) is 2. The minimum Gasteiger partial charge on any atom is -0.352 e. The van der Waals surface area contributed by atoms with Crippen molar-refractivity contribution in [1.29, 1.82) is 0 Å². The summed E-state index contributed by atoms with van der Waals surface area (Å²) in [6, 6.07) is -0.713. The van der Waals surface area contributed by atoms with Crippen molar-refractivity contribution in [2.75, 3.05) is 13.1 Å². The third-order valence-corrected chi connectivity index (χ3v) is 3.10. The Bertz CT molecular complexity index is 404. The van der Waals surface area contributed by atoms with Gasteiger partial charge in [0.1, 0.15) is 6.54 Å². The largest absolute Gasteiger partial charge is 0.352 e. The number of urea groups is 1. The molecule has 0 atom stereocenters. The van der Waals surface area contributed by atoms with Crippen molar-refractivity contribution in [3.8, 4) is 0 Å². The minimum absolute atomic E-state index is 0.0123. The van der Waals surface area contributed by atoms with Crippen LogP contribution in [-0.2, 0) is 14.4 Å². The van der Waals surface area contributed by atoms with Crippen LogP contribution in [0.3, 0.4) is 0 Å². The van der Waals surface area contributed by atoms with E-state index in [1.807, 2.05) is 13.8 Å². The van der Waals surface area contributed by atoms with Gasteiger partial charge in [-0.25, -0.2) is 9.69 Å². The van der Waals surface area contributed by atoms with Crippen molar-refractivity contribution in [1.82, 2.24) is 15.1 Å². The molecule has 1 fully saturated rings. The zero-order valence-electron chi connectivity index (χ0n) is 11.4. The topological polar surface area (TPSA) is 86.8 Å². The first-order chi connectivity index (χ1) is 8.96. The van der Waals surface area contributed by atoms with Gasteiger partial charge in [0, 0.05) is 12.6 Å². The number of rotatable bonds is 6. The van der Waals surface area contributed by atoms with Crippen LogP contribution in [0.25, 0.3) is 0 Å². The molecular formula is C12H19N3O4. The summed E-state index contributed by atoms with van der Waals surface area (Å²) in [7, 11) is 0. The maximum Gasteiger partial charge on any atom is 0.334 e. The molecule has 0 spiro atoms. The quantitative estimate of drug-likeness (QED) is 0.547. The Balaban J connectivity index is 2.67. The van der Waals surface area contributed by atoms with Crippen LogP contribution < -0.4 is 5.32 Å². The monoisotopic (exact) mass is 269 g/mol. The SMILES string of the molecule is CCC(CC)NC(=O)CN1C(=O)C(=O)N(CC)C1=O. The third kappa shape index (κ3) is 3.10. The molecule has 0 aromatic heterocycles. The van der Waals surface area contributed by atoms with E-state index in [1.165, 1.54) is 0 Å². The molecule has 0 aromatic rings. The molecule has 1 rings (SSSR count). The molecule has 0 bridgehead atoms. The molecule has 1 heterocycles. The Hall–Kier alpha value is -1.92. The minimum atomic E-state index is -0.938. The molecule has 7 heteroatoms. The number of carbonyl (C=O) groups is 4. The van der Waals surface area contributed by atoms with E-state index in [0.29, 0.717) is 4.90 Å². The predicted molar refractivity (Wildman–Crippen MR) is 67.0 cm³/mol. The average Bonchev–Trinajstić information content (AvgIpc) is 2.60. The number of nitrogens with one attached hydrogen (secondary N) is 1. The molecule has 1 N–H and O–H groups in total. The maximum absolute atomic E-state index is 11.7. The fourth-order valence-electron chi connectivity index (χ4n) is 1.88. The van der Waals surface area contributed by atoms with Crippen LogP contribution >= 0.6 is 0 Å². The highest BCUT2D eigenvalue weighted by molar-refractivity contribution is 6.45. The van der Waals surface area contributed by atoms with E-state index in [0.717, 1.165) is 17.7 Å². The first-order valence-corrected chi connectivity index (χ1v) is 6.42. The lowest BCUT2D eigenvalue weighted by Crippen LogP contribution is -2.44. The van der Waals surface area contributed by atoms with Crippen molar-refractivity contribution in [3.05, 3.63) is 0 Å². The number of likely N-dealkylation sites (N-methyl/N-ethyl adjacent to an activating group) is 1. The van der Waals surface area contributed by atoms with Crippen LogP contribution in [-0.4, -0.2) is 52.7 Å². The van der Waals surface area contributed by atoms with Gasteiger partial charge in [0.05, 0.1) is 0 Å². The molecule has 5 amide bonds. The van der Waals surface area contributed by atoms with Crippen molar-refractivity contribution in [2.24, 2.45) is 0 Å². The van der Waals surface area contributed by atoms with Gasteiger partial charge in [0.25, 0.3) is 0 Å². The lowest BCUT2D eigenvalue weighted by atomic mass is 10.2. The van der Waals surface area contributed by atoms with Gasteiger partial charge in [-0.2, -0.15) is 0 Å². The molecule has 0 aliphatic carbocycles. The molecule has 1 aliphatic heterocycles. The Morgan fingerprint density at radius 3 is 2.00 bits per heavy atom. The Morgan fingerprint density at radius 2 is 1.58 bits per heavy atom. The van der Waals surface area contributed by atoms with Crippen LogP contribution in [0.4, 0.5) is 4.79 Å². The summed E-state index contributed by atoms with van der Waals surface area (Å²) < 4.78 is 0. The smallest absolute Gasteiger partial charge is 0.334 e. The molecule has 0 saturated carbocycles. The summed E-state index contributed by atoms with van der Waals surface area (Å²) in [5.74, 6) is -2.24. The Kier molecular flexibility index (Phi) is 5.02. The number of hydrogen-bond acceptors (Lipinski definition) is 4. The van der Waals surface area contributed by atoms with Gasteiger partial charge in [-0.05, 0) is 19.8 Å². The number of hydrogen-bond donors (Lipinski definition) is 1. The van der Waals surface area contributed by atoms with Crippen molar-refractivity contribution < 1.29 is 19.2 Å². The van der Waals surface area contributed by atoms with Crippen molar-refractivity contribution in [2.45, 2.75) is 39.7 Å². The van der Waals surface area contributed by atoms with E-state index in [1.54, 1.807) is 6.92 Å². The van der Waals surface area contributed by atoms with E-state index in [2.05, 4.69) is 5.32 Å². The van der Waals surface area contributed by atoms with Crippen LogP contribution in [0.5, 0.6) is 0 Å². The standard InChI is InChI=1S/C12H19N3O4/c1-4-8(5-2)13-9(16)7-15-11(18)10(17)14(6-3)12(15)19/h8H,4-7H2,1-3H3,(H,13,16). The Morgan fingerprint density at radius 1 is 1.05 bits per heavy atom. The fraction of sp³-hybridized carbons (Fsp3) is 0.667. The van der Waals surface area contributed by atoms with Crippen LogP contribution in [0.2, 0.25) is 0 Å². The highest BCUT2D eigenvalue weighted by atomic mass is 16.2. The second kappa shape index (κ2) is 6.31. The molecule has 19 heavy (non-hydrogen) atoms. The van der Waals surface area contributed by atoms with Crippen LogP contribution in [0.1, 0.15) is 33.6 Å². The number of carbonyl (C=O) groups excluding carboxylic acids is 4. The third-order valence-electron chi connectivity index (χ3n) is 3.10. The van der Waals surface area contributed by atoms with E-state index >= 15 is 0 Å². The fourth-order valence-corrected chi connectivity index (χ4v) is 1.88. The van der Waals surface area contributed by atoms with Crippen molar-refractivity contribution in [3.63, 3.8) is 0 Å². The first kappa shape index (κ1) is 15.1. The molecule has 0 aromatic carbocycles. The summed E-state index contributed by atoms with van der Waals surface area (Å²) >= 11 is 0. The van der Waals surface area contributed by atoms with Crippen molar-refractivity contribution >= 4 is 23.8 Å². The zero-order valence-corrected chi connectivity index (χ0v) is 11.4. The molecule has 1 saturated heterocycles. The molecule has 7 nitrogen and oxygen atoms in total.